The van der Waals surface area contributed by atoms with Crippen LogP contribution in [0, 0.1) is 123 Å². The van der Waals surface area contributed by atoms with E-state index in [4.69, 9.17) is 4.52 Å². The summed E-state index contributed by atoms with van der Waals surface area (Å²) in [6, 6.07) is 40.1. The first-order valence-electron chi connectivity index (χ1n) is 20.1. The van der Waals surface area contributed by atoms with E-state index in [2.05, 4.69) is 116 Å². The van der Waals surface area contributed by atoms with Crippen LogP contribution in [-0.4, -0.2) is 6.15 Å². The van der Waals surface area contributed by atoms with Crippen molar-refractivity contribution in [2.75, 3.05) is 0 Å². The molecular weight excluding hydrogens is 1030 g/mol. The van der Waals surface area contributed by atoms with Crippen molar-refractivity contribution in [3.05, 3.63) is 237 Å². The number of para-hydroxylation sites is 1. The minimum absolute atomic E-state index is 0.933. The molecule has 0 saturated heterocycles. The van der Waals surface area contributed by atoms with Crippen LogP contribution >= 0.6 is 7.49 Å². The molecule has 0 aliphatic heterocycles. The Morgan fingerprint density at radius 3 is 0.681 bits per heavy atom. The largest absolute Gasteiger partial charge is 0.334 e. The molecule has 0 aromatic heterocycles. The van der Waals surface area contributed by atoms with E-state index in [-0.39, 0.29) is 0 Å². The second kappa shape index (κ2) is 20.0. The summed E-state index contributed by atoms with van der Waals surface area (Å²) >= 11 is 0. The summed E-state index contributed by atoms with van der Waals surface area (Å²) < 4.78 is 301. The van der Waals surface area contributed by atoms with Crippen molar-refractivity contribution in [3.8, 4) is 5.75 Å². The molecule has 72 heavy (non-hydrogen) atoms. The lowest BCUT2D eigenvalue weighted by atomic mass is 9.12. The van der Waals surface area contributed by atoms with E-state index in [0.717, 1.165) is 11.3 Å². The van der Waals surface area contributed by atoms with E-state index in [1.807, 2.05) is 6.07 Å². The molecule has 1 nitrogen and oxygen atoms in total. The molecule has 0 saturated carbocycles. The maximum Gasteiger partial charge on any atom is 0.287 e. The van der Waals surface area contributed by atoms with Gasteiger partial charge in [-0.3, -0.25) is 0 Å². The first kappa shape index (κ1) is 52.5. The van der Waals surface area contributed by atoms with E-state index in [9.17, 15) is 52.7 Å². The lowest BCUT2D eigenvalue weighted by Gasteiger charge is -2.44. The highest BCUT2D eigenvalue weighted by Gasteiger charge is 2.53. The third-order valence-corrected chi connectivity index (χ3v) is 14.9. The normalized spacial score (nSPS) is 11.7. The molecule has 0 spiro atoms. The summed E-state index contributed by atoms with van der Waals surface area (Å²) in [7, 11) is -2.30. The maximum atomic E-state index is 15.4. The Hall–Kier alpha value is -7.35. The van der Waals surface area contributed by atoms with Gasteiger partial charge in [-0.25, -0.2) is 87.8 Å². The quantitative estimate of drug-likeness (QED) is 0.0460. The van der Waals surface area contributed by atoms with Crippen molar-refractivity contribution >= 4 is 51.4 Å². The average Bonchev–Trinajstić information content (AvgIpc) is 3.39. The third-order valence-electron chi connectivity index (χ3n) is 11.4. The van der Waals surface area contributed by atoms with Crippen molar-refractivity contribution < 1.29 is 92.3 Å². The topological polar surface area (TPSA) is 9.23 Å². The molecule has 0 N–H and O–H groups in total. The molecule has 23 heteroatoms. The number of hydrogen-bond acceptors (Lipinski definition) is 1. The summed E-state index contributed by atoms with van der Waals surface area (Å²) in [5, 5.41) is 3.64. The van der Waals surface area contributed by atoms with Crippen LogP contribution in [0.2, 0.25) is 0 Å². The van der Waals surface area contributed by atoms with Gasteiger partial charge in [-0.05, 0) is 55.0 Å². The van der Waals surface area contributed by atoms with E-state index >= 15 is 35.1 Å². The minimum atomic E-state index is -7.22. The lowest BCUT2D eigenvalue weighted by molar-refractivity contribution is 0.378. The van der Waals surface area contributed by atoms with Gasteiger partial charge in [0.05, 0.1) is 0 Å². The Balaban J connectivity index is 0.000000238. The van der Waals surface area contributed by atoms with Gasteiger partial charge in [-0.15, -0.1) is 21.9 Å². The molecule has 8 rings (SSSR count). The molecule has 0 aliphatic rings. The molecule has 0 heterocycles. The van der Waals surface area contributed by atoms with Crippen molar-refractivity contribution in [1.82, 2.24) is 0 Å². The zero-order valence-electron chi connectivity index (χ0n) is 35.5. The predicted molar refractivity (Wildman–Crippen MR) is 226 cm³/mol. The van der Waals surface area contributed by atoms with Crippen LogP contribution in [0.1, 0.15) is 5.56 Å². The van der Waals surface area contributed by atoms with Crippen LogP contribution in [0.4, 0.5) is 87.8 Å². The SMILES string of the molecule is Cc1ccccc1O[P+](c1ccccc1)(c1ccccc1)c1ccccc1.Fc1c(F)c(F)c([B-](c2c(F)c(F)c(F)c(F)c2F)(c2c(F)c(F)c(F)c(F)c2F)c2c(F)c(F)c(F)c(F)c2F)c(F)c1F. The second-order valence-corrected chi connectivity index (χ2v) is 18.2. The molecule has 0 unspecified atom stereocenters. The Bertz CT molecular complexity index is 2920. The number of rotatable bonds is 9. The average molecular weight is 1050 g/mol. The van der Waals surface area contributed by atoms with Gasteiger partial charge in [0, 0.05) is 0 Å². The number of benzene rings is 8. The predicted octanol–water partition coefficient (Wildman–Crippen LogP) is 11.1. The maximum absolute atomic E-state index is 15.4. The van der Waals surface area contributed by atoms with Gasteiger partial charge in [0.15, 0.2) is 75.6 Å². The zero-order chi connectivity index (χ0) is 52.9. The van der Waals surface area contributed by atoms with Gasteiger partial charge >= 0.3 is 0 Å². The van der Waals surface area contributed by atoms with E-state index in [1.54, 1.807) is 0 Å². The summed E-state index contributed by atoms with van der Waals surface area (Å²) in [6.07, 6.45) is -7.22. The standard InChI is InChI=1S/C25H22OP.C24BF20/c1-21-13-11-12-20-25(21)26-27(22-14-5-2-6-15-22,23-16-7-3-8-17-23)24-18-9-4-10-19-24;26-5-1(6(27)14(35)21(42)13(5)34)25(2-7(28)15(36)22(43)16(37)8(2)29,3-9(30)17(38)23(44)18(39)10(3)31)4-11(32)19(40)24(45)20(41)12(4)33/h2-20H,1H3;/q+1;-1. The number of halogens is 20. The van der Waals surface area contributed by atoms with Gasteiger partial charge in [-0.1, -0.05) is 72.8 Å². The molecule has 0 atom stereocenters. The van der Waals surface area contributed by atoms with Crippen molar-refractivity contribution in [3.63, 3.8) is 0 Å². The van der Waals surface area contributed by atoms with Crippen LogP contribution in [0.3, 0.4) is 0 Å². The van der Waals surface area contributed by atoms with Crippen LogP contribution in [0.25, 0.3) is 0 Å². The van der Waals surface area contributed by atoms with Crippen LogP contribution in [-0.2, 0) is 0 Å². The summed E-state index contributed by atoms with van der Waals surface area (Å²) in [5.41, 5.74) is -13.2. The van der Waals surface area contributed by atoms with Crippen molar-refractivity contribution in [2.45, 2.75) is 6.92 Å². The fraction of sp³-hybridized carbons (Fsp3) is 0.0204. The fourth-order valence-electron chi connectivity index (χ4n) is 8.20. The minimum Gasteiger partial charge on any atom is -0.334 e. The monoisotopic (exact) mass is 1050 g/mol. The Labute approximate surface area is 392 Å². The summed E-state index contributed by atoms with van der Waals surface area (Å²) in [6.45, 7) is 2.10. The highest BCUT2D eigenvalue weighted by atomic mass is 31.2. The highest BCUT2D eigenvalue weighted by molar-refractivity contribution is 7.92. The Morgan fingerprint density at radius 2 is 0.458 bits per heavy atom. The van der Waals surface area contributed by atoms with E-state index in [0.29, 0.717) is 0 Å². The fourth-order valence-corrected chi connectivity index (χ4v) is 11.7. The molecule has 0 bridgehead atoms. The van der Waals surface area contributed by atoms with Gasteiger partial charge in [0.2, 0.25) is 0 Å². The number of aryl methyl sites for hydroxylation is 1. The molecule has 0 amide bonds. The van der Waals surface area contributed by atoms with Crippen molar-refractivity contribution in [2.24, 2.45) is 0 Å². The third kappa shape index (κ3) is 8.18. The lowest BCUT2D eigenvalue weighted by Crippen LogP contribution is -2.81. The smallest absolute Gasteiger partial charge is 0.287 e. The molecular formula is C49H22BF20OP. The molecule has 0 fully saturated rings. The molecule has 0 radical (unpaired) electrons. The zero-order valence-corrected chi connectivity index (χ0v) is 36.4. The molecule has 8 aromatic rings. The van der Waals surface area contributed by atoms with Crippen LogP contribution in [0.15, 0.2) is 115 Å². The first-order valence-corrected chi connectivity index (χ1v) is 21.8. The first-order chi connectivity index (χ1) is 34.0. The Morgan fingerprint density at radius 1 is 0.264 bits per heavy atom. The second-order valence-electron chi connectivity index (χ2n) is 15.3. The molecule has 372 valence electrons. The molecule has 8 aromatic carbocycles. The number of hydrogen-bond donors (Lipinski definition) is 0. The van der Waals surface area contributed by atoms with Crippen LogP contribution < -0.4 is 42.3 Å². The van der Waals surface area contributed by atoms with Gasteiger partial charge in [0.1, 0.15) is 68.6 Å². The van der Waals surface area contributed by atoms with E-state index < -0.39 is 152 Å². The molecule has 0 aliphatic carbocycles. The highest BCUT2D eigenvalue weighted by Crippen LogP contribution is 2.56. The van der Waals surface area contributed by atoms with Gasteiger partial charge in [-0.2, -0.15) is 0 Å². The van der Waals surface area contributed by atoms with Crippen LogP contribution in [0.5, 0.6) is 5.75 Å². The summed E-state index contributed by atoms with van der Waals surface area (Å²) in [5.74, 6) is -70.5. The summed E-state index contributed by atoms with van der Waals surface area (Å²) in [4.78, 5) is 0. The van der Waals surface area contributed by atoms with Gasteiger partial charge in [0.25, 0.3) is 7.49 Å². The van der Waals surface area contributed by atoms with Gasteiger partial charge < -0.3 is 4.52 Å². The van der Waals surface area contributed by atoms with E-state index in [1.165, 1.54) is 15.9 Å². The van der Waals surface area contributed by atoms with Crippen molar-refractivity contribution in [1.29, 1.82) is 0 Å². The Kier molecular flexibility index (Phi) is 14.6.